The molecule has 1 aliphatic heterocycles. The standard InChI is InChI=1S/C10H10BrNO/c11-8-6-5-7-3-1-2-4-9(7)12-10(8)13/h1-4,8H,5-6H2,(H,12,13)/t8-/m0/s1. The van der Waals surface area contributed by atoms with Gasteiger partial charge in [0.05, 0.1) is 4.83 Å². The summed E-state index contributed by atoms with van der Waals surface area (Å²) in [5, 5.41) is 2.89. The lowest BCUT2D eigenvalue weighted by molar-refractivity contribution is -0.115. The fourth-order valence-corrected chi connectivity index (χ4v) is 1.83. The first-order valence-corrected chi connectivity index (χ1v) is 5.22. The van der Waals surface area contributed by atoms with Crippen LogP contribution < -0.4 is 5.32 Å². The number of nitrogens with one attached hydrogen (secondary N) is 1. The molecule has 1 amide bonds. The predicted molar refractivity (Wildman–Crippen MR) is 56.1 cm³/mol. The SMILES string of the molecule is O=C1Nc2ccccc2CC[C@@H]1Br. The quantitative estimate of drug-likeness (QED) is 0.693. The maximum atomic E-state index is 11.4. The van der Waals surface area contributed by atoms with Crippen LogP contribution in [0, 0.1) is 0 Å². The summed E-state index contributed by atoms with van der Waals surface area (Å²) in [6.45, 7) is 0. The minimum atomic E-state index is -0.0556. The minimum absolute atomic E-state index is 0.0556. The largest absolute Gasteiger partial charge is 0.325 e. The molecule has 0 radical (unpaired) electrons. The van der Waals surface area contributed by atoms with Crippen LogP contribution in [0.3, 0.4) is 0 Å². The fourth-order valence-electron chi connectivity index (χ4n) is 1.48. The Kier molecular flexibility index (Phi) is 2.36. The first-order valence-electron chi connectivity index (χ1n) is 4.30. The number of anilines is 1. The molecule has 1 N–H and O–H groups in total. The van der Waals surface area contributed by atoms with Gasteiger partial charge in [-0.15, -0.1) is 0 Å². The molecule has 68 valence electrons. The third-order valence-corrected chi connectivity index (χ3v) is 3.10. The highest BCUT2D eigenvalue weighted by atomic mass is 79.9. The van der Waals surface area contributed by atoms with Gasteiger partial charge in [0, 0.05) is 5.69 Å². The van der Waals surface area contributed by atoms with Crippen molar-refractivity contribution >= 4 is 27.5 Å². The summed E-state index contributed by atoms with van der Waals surface area (Å²) in [5.74, 6) is 0.0601. The molecular formula is C10H10BrNO. The molecule has 0 fully saturated rings. The van der Waals surface area contributed by atoms with E-state index in [4.69, 9.17) is 0 Å². The summed E-state index contributed by atoms with van der Waals surface area (Å²) in [6, 6.07) is 7.94. The molecule has 0 aromatic heterocycles. The summed E-state index contributed by atoms with van der Waals surface area (Å²) < 4.78 is 0. The van der Waals surface area contributed by atoms with E-state index in [-0.39, 0.29) is 10.7 Å². The van der Waals surface area contributed by atoms with Crippen LogP contribution in [-0.2, 0) is 11.2 Å². The second-order valence-electron chi connectivity index (χ2n) is 3.15. The van der Waals surface area contributed by atoms with Crippen molar-refractivity contribution < 1.29 is 4.79 Å². The molecule has 0 bridgehead atoms. The van der Waals surface area contributed by atoms with Crippen molar-refractivity contribution in [3.63, 3.8) is 0 Å². The Morgan fingerprint density at radius 2 is 2.15 bits per heavy atom. The zero-order valence-electron chi connectivity index (χ0n) is 7.09. The summed E-state index contributed by atoms with van der Waals surface area (Å²) >= 11 is 3.35. The Morgan fingerprint density at radius 3 is 3.00 bits per heavy atom. The number of carbonyl (C=O) groups excluding carboxylic acids is 1. The number of benzene rings is 1. The van der Waals surface area contributed by atoms with Gasteiger partial charge in [-0.2, -0.15) is 0 Å². The molecule has 1 atom stereocenters. The van der Waals surface area contributed by atoms with E-state index in [0.717, 1.165) is 18.5 Å². The molecule has 0 unspecified atom stereocenters. The highest BCUT2D eigenvalue weighted by Crippen LogP contribution is 2.23. The van der Waals surface area contributed by atoms with Crippen LogP contribution in [0.2, 0.25) is 0 Å². The van der Waals surface area contributed by atoms with Crippen LogP contribution in [0.5, 0.6) is 0 Å². The molecule has 0 saturated heterocycles. The number of hydrogen-bond donors (Lipinski definition) is 1. The molecule has 1 aromatic carbocycles. The molecule has 0 aliphatic carbocycles. The number of halogens is 1. The van der Waals surface area contributed by atoms with Crippen molar-refractivity contribution in [1.82, 2.24) is 0 Å². The number of amides is 1. The zero-order valence-corrected chi connectivity index (χ0v) is 8.67. The first kappa shape index (κ1) is 8.75. The lowest BCUT2D eigenvalue weighted by atomic mass is 10.1. The predicted octanol–water partition coefficient (Wildman–Crippen LogP) is 2.33. The number of rotatable bonds is 0. The van der Waals surface area contributed by atoms with Gasteiger partial charge in [0.25, 0.3) is 0 Å². The first-order chi connectivity index (χ1) is 6.27. The van der Waals surface area contributed by atoms with Crippen molar-refractivity contribution in [2.75, 3.05) is 5.32 Å². The van der Waals surface area contributed by atoms with Gasteiger partial charge in [-0.05, 0) is 24.5 Å². The zero-order chi connectivity index (χ0) is 9.26. The highest BCUT2D eigenvalue weighted by Gasteiger charge is 2.19. The van der Waals surface area contributed by atoms with Crippen molar-refractivity contribution in [3.8, 4) is 0 Å². The maximum Gasteiger partial charge on any atom is 0.238 e. The van der Waals surface area contributed by atoms with Gasteiger partial charge in [0.2, 0.25) is 5.91 Å². The van der Waals surface area contributed by atoms with Crippen LogP contribution in [-0.4, -0.2) is 10.7 Å². The van der Waals surface area contributed by atoms with E-state index in [1.54, 1.807) is 0 Å². The van der Waals surface area contributed by atoms with E-state index in [1.165, 1.54) is 5.56 Å². The van der Waals surface area contributed by atoms with Crippen LogP contribution in [0.25, 0.3) is 0 Å². The van der Waals surface area contributed by atoms with E-state index in [9.17, 15) is 4.79 Å². The Morgan fingerprint density at radius 1 is 1.38 bits per heavy atom. The normalized spacial score (nSPS) is 21.6. The summed E-state index contributed by atoms with van der Waals surface area (Å²) in [4.78, 5) is 11.4. The monoisotopic (exact) mass is 239 g/mol. The molecule has 3 heteroatoms. The smallest absolute Gasteiger partial charge is 0.238 e. The van der Waals surface area contributed by atoms with Gasteiger partial charge < -0.3 is 5.32 Å². The van der Waals surface area contributed by atoms with Crippen LogP contribution in [0.4, 0.5) is 5.69 Å². The van der Waals surface area contributed by atoms with Gasteiger partial charge in [0.1, 0.15) is 0 Å². The van der Waals surface area contributed by atoms with E-state index >= 15 is 0 Å². The highest BCUT2D eigenvalue weighted by molar-refractivity contribution is 9.10. The van der Waals surface area contributed by atoms with Crippen molar-refractivity contribution in [2.24, 2.45) is 0 Å². The third-order valence-electron chi connectivity index (χ3n) is 2.23. The van der Waals surface area contributed by atoms with Gasteiger partial charge in [-0.3, -0.25) is 4.79 Å². The van der Waals surface area contributed by atoms with Gasteiger partial charge in [0.15, 0.2) is 0 Å². The lowest BCUT2D eigenvalue weighted by Gasteiger charge is -2.05. The van der Waals surface area contributed by atoms with Crippen molar-refractivity contribution in [1.29, 1.82) is 0 Å². The second-order valence-corrected chi connectivity index (χ2v) is 4.26. The number of aryl methyl sites for hydroxylation is 1. The molecule has 13 heavy (non-hydrogen) atoms. The summed E-state index contributed by atoms with van der Waals surface area (Å²) in [5.41, 5.74) is 2.17. The number of fused-ring (bicyclic) bond motifs is 1. The van der Waals surface area contributed by atoms with Crippen LogP contribution in [0.15, 0.2) is 24.3 Å². The molecule has 2 rings (SSSR count). The number of para-hydroxylation sites is 1. The number of hydrogen-bond acceptors (Lipinski definition) is 1. The molecular weight excluding hydrogens is 230 g/mol. The van der Waals surface area contributed by atoms with E-state index in [0.29, 0.717) is 0 Å². The lowest BCUT2D eigenvalue weighted by Crippen LogP contribution is -2.20. The fraction of sp³-hybridized carbons (Fsp3) is 0.300. The topological polar surface area (TPSA) is 29.1 Å². The van der Waals surface area contributed by atoms with E-state index in [2.05, 4.69) is 27.3 Å². The molecule has 1 aliphatic rings. The average molecular weight is 240 g/mol. The van der Waals surface area contributed by atoms with Gasteiger partial charge >= 0.3 is 0 Å². The summed E-state index contributed by atoms with van der Waals surface area (Å²) in [6.07, 6.45) is 1.81. The number of carbonyl (C=O) groups is 1. The molecule has 2 nitrogen and oxygen atoms in total. The summed E-state index contributed by atoms with van der Waals surface area (Å²) in [7, 11) is 0. The van der Waals surface area contributed by atoms with Crippen LogP contribution in [0.1, 0.15) is 12.0 Å². The van der Waals surface area contributed by atoms with Crippen molar-refractivity contribution in [3.05, 3.63) is 29.8 Å². The third kappa shape index (κ3) is 1.75. The number of alkyl halides is 1. The second kappa shape index (κ2) is 3.50. The van der Waals surface area contributed by atoms with Gasteiger partial charge in [-0.25, -0.2) is 0 Å². The van der Waals surface area contributed by atoms with Crippen molar-refractivity contribution in [2.45, 2.75) is 17.7 Å². The van der Waals surface area contributed by atoms with E-state index in [1.807, 2.05) is 18.2 Å². The Hall–Kier alpha value is -0.830. The Bertz CT molecular complexity index is 337. The van der Waals surface area contributed by atoms with Crippen LogP contribution >= 0.6 is 15.9 Å². The Balaban J connectivity index is 2.35. The molecule has 0 saturated carbocycles. The molecule has 1 heterocycles. The van der Waals surface area contributed by atoms with Gasteiger partial charge in [-0.1, -0.05) is 34.1 Å². The minimum Gasteiger partial charge on any atom is -0.325 e. The molecule has 1 aromatic rings. The maximum absolute atomic E-state index is 11.4. The Labute approximate surface area is 85.5 Å². The van der Waals surface area contributed by atoms with E-state index < -0.39 is 0 Å². The molecule has 0 spiro atoms. The average Bonchev–Trinajstić information content (AvgIpc) is 2.28.